The molecule has 0 saturated heterocycles. The number of hydrogen-bond donors (Lipinski definition) is 1. The Labute approximate surface area is 132 Å². The van der Waals surface area contributed by atoms with E-state index >= 15 is 0 Å². The van der Waals surface area contributed by atoms with Crippen LogP contribution in [0, 0.1) is 10.8 Å². The Bertz CT molecular complexity index is 327. The van der Waals surface area contributed by atoms with Crippen molar-refractivity contribution in [2.75, 3.05) is 33.8 Å². The lowest BCUT2D eigenvalue weighted by Crippen LogP contribution is -2.48. The highest BCUT2D eigenvalue weighted by Crippen LogP contribution is 2.31. The summed E-state index contributed by atoms with van der Waals surface area (Å²) in [4.78, 5) is 0. The van der Waals surface area contributed by atoms with Crippen LogP contribution in [0.5, 0.6) is 0 Å². The molecule has 1 atom stereocenters. The first-order chi connectivity index (χ1) is 9.24. The molecule has 126 valence electrons. The molecule has 1 N–H and O–H groups in total. The van der Waals surface area contributed by atoms with Gasteiger partial charge < -0.3 is 14.3 Å². The molecule has 0 aromatic heterocycles. The fraction of sp³-hybridized carbons (Fsp3) is 0.889. The van der Waals surface area contributed by atoms with E-state index in [1.807, 2.05) is 0 Å². The van der Waals surface area contributed by atoms with E-state index < -0.39 is 6.29 Å². The van der Waals surface area contributed by atoms with E-state index in [-0.39, 0.29) is 0 Å². The summed E-state index contributed by atoms with van der Waals surface area (Å²) in [6.45, 7) is 19.6. The quantitative estimate of drug-likeness (QED) is 0.398. The van der Waals surface area contributed by atoms with Crippen molar-refractivity contribution in [3.05, 3.63) is 12.2 Å². The third-order valence-corrected chi connectivity index (χ3v) is 3.80. The van der Waals surface area contributed by atoms with Crippen molar-refractivity contribution >= 4 is 0 Å². The lowest BCUT2D eigenvalue weighted by molar-refractivity contribution is -0.897. The third-order valence-electron chi connectivity index (χ3n) is 3.80. The molecule has 3 nitrogen and oxygen atoms in total. The van der Waals surface area contributed by atoms with Gasteiger partial charge in [0.15, 0.2) is 6.29 Å². The molecule has 0 heterocycles. The maximum atomic E-state index is 9.60. The van der Waals surface area contributed by atoms with Crippen molar-refractivity contribution in [1.82, 2.24) is 0 Å². The summed E-state index contributed by atoms with van der Waals surface area (Å²) in [6, 6.07) is 0. The molecule has 0 rings (SSSR count). The van der Waals surface area contributed by atoms with E-state index in [1.165, 1.54) is 12.8 Å². The molecule has 0 amide bonds. The lowest BCUT2D eigenvalue weighted by Gasteiger charge is -2.38. The highest BCUT2D eigenvalue weighted by molar-refractivity contribution is 4.91. The maximum absolute atomic E-state index is 9.60. The van der Waals surface area contributed by atoms with Gasteiger partial charge in [-0.25, -0.2) is 0 Å². The molecule has 1 unspecified atom stereocenters. The Hall–Kier alpha value is -0.380. The standard InChI is InChI=1S/C18H38NO2/c1-15(2)16(20)21-13-12-19(8,9)14-18(6,7)11-10-17(3,4)5/h16,20H,1,10-14H2,2-9H3/q+1. The summed E-state index contributed by atoms with van der Waals surface area (Å²) in [5.74, 6) is 0. The number of rotatable bonds is 9. The Morgan fingerprint density at radius 1 is 1.14 bits per heavy atom. The van der Waals surface area contributed by atoms with Crippen LogP contribution >= 0.6 is 0 Å². The number of aliphatic hydroxyl groups is 1. The average molecular weight is 301 g/mol. The molecule has 0 aromatic carbocycles. The SMILES string of the molecule is C=C(C)C(O)OCC[N+](C)(C)CC(C)(C)CCC(C)(C)C. The normalized spacial score (nSPS) is 15.1. The lowest BCUT2D eigenvalue weighted by atomic mass is 9.79. The molecule has 0 aliphatic heterocycles. The monoisotopic (exact) mass is 300 g/mol. The van der Waals surface area contributed by atoms with Crippen LogP contribution in [0.25, 0.3) is 0 Å². The Kier molecular flexibility index (Phi) is 7.61. The largest absolute Gasteiger partial charge is 0.364 e. The molecule has 0 radical (unpaired) electrons. The summed E-state index contributed by atoms with van der Waals surface area (Å²) < 4.78 is 6.31. The summed E-state index contributed by atoms with van der Waals surface area (Å²) >= 11 is 0. The molecular weight excluding hydrogens is 262 g/mol. The van der Waals surface area contributed by atoms with Crippen molar-refractivity contribution in [2.45, 2.75) is 60.7 Å². The van der Waals surface area contributed by atoms with E-state index in [9.17, 15) is 5.11 Å². The van der Waals surface area contributed by atoms with Crippen molar-refractivity contribution in [3.63, 3.8) is 0 Å². The fourth-order valence-electron chi connectivity index (χ4n) is 2.58. The molecule has 0 spiro atoms. The van der Waals surface area contributed by atoms with E-state index in [4.69, 9.17) is 4.74 Å². The van der Waals surface area contributed by atoms with Gasteiger partial charge in [0.25, 0.3) is 0 Å². The summed E-state index contributed by atoms with van der Waals surface area (Å²) in [7, 11) is 4.46. The van der Waals surface area contributed by atoms with Crippen LogP contribution in [-0.4, -0.2) is 49.7 Å². The van der Waals surface area contributed by atoms with Crippen LogP contribution in [0.2, 0.25) is 0 Å². The first-order valence-corrected chi connectivity index (χ1v) is 8.01. The Morgan fingerprint density at radius 2 is 1.67 bits per heavy atom. The van der Waals surface area contributed by atoms with E-state index in [0.717, 1.165) is 17.6 Å². The molecule has 21 heavy (non-hydrogen) atoms. The van der Waals surface area contributed by atoms with Gasteiger partial charge in [0, 0.05) is 5.41 Å². The fourth-order valence-corrected chi connectivity index (χ4v) is 2.58. The van der Waals surface area contributed by atoms with Gasteiger partial charge in [-0.15, -0.1) is 0 Å². The van der Waals surface area contributed by atoms with Crippen LogP contribution in [-0.2, 0) is 4.74 Å². The second-order valence-corrected chi connectivity index (χ2v) is 9.11. The highest BCUT2D eigenvalue weighted by atomic mass is 16.6. The number of aliphatic hydroxyl groups excluding tert-OH is 1. The number of likely N-dealkylation sites (N-methyl/N-ethyl adjacent to an activating group) is 1. The molecule has 0 aliphatic rings. The molecular formula is C18H38NO2+. The molecule has 3 heteroatoms. The number of nitrogens with zero attached hydrogens (tertiary/aromatic N) is 1. The zero-order valence-corrected chi connectivity index (χ0v) is 15.6. The Morgan fingerprint density at radius 3 is 2.10 bits per heavy atom. The van der Waals surface area contributed by atoms with Crippen LogP contribution in [0.15, 0.2) is 12.2 Å². The first-order valence-electron chi connectivity index (χ1n) is 8.01. The van der Waals surface area contributed by atoms with E-state index in [1.54, 1.807) is 6.92 Å². The molecule has 0 fully saturated rings. The van der Waals surface area contributed by atoms with Crippen molar-refractivity contribution in [3.8, 4) is 0 Å². The van der Waals surface area contributed by atoms with Gasteiger partial charge in [0.2, 0.25) is 0 Å². The zero-order valence-electron chi connectivity index (χ0n) is 15.6. The first kappa shape index (κ1) is 20.6. The second-order valence-electron chi connectivity index (χ2n) is 9.11. The van der Waals surface area contributed by atoms with Crippen LogP contribution in [0.4, 0.5) is 0 Å². The van der Waals surface area contributed by atoms with Gasteiger partial charge in [-0.05, 0) is 30.8 Å². The van der Waals surface area contributed by atoms with Crippen LogP contribution in [0.3, 0.4) is 0 Å². The zero-order chi connectivity index (χ0) is 16.9. The van der Waals surface area contributed by atoms with E-state index in [2.05, 4.69) is 55.3 Å². The van der Waals surface area contributed by atoms with Crippen molar-refractivity contribution in [2.24, 2.45) is 10.8 Å². The number of quaternary nitrogens is 1. The molecule has 0 saturated carbocycles. The number of ether oxygens (including phenoxy) is 1. The van der Waals surface area contributed by atoms with Gasteiger partial charge in [-0.3, -0.25) is 0 Å². The van der Waals surface area contributed by atoms with Crippen molar-refractivity contribution in [1.29, 1.82) is 0 Å². The molecule has 0 aliphatic carbocycles. The Balaban J connectivity index is 4.28. The van der Waals surface area contributed by atoms with Crippen LogP contribution in [0.1, 0.15) is 54.4 Å². The molecule has 0 bridgehead atoms. The predicted molar refractivity (Wildman–Crippen MR) is 91.1 cm³/mol. The summed E-state index contributed by atoms with van der Waals surface area (Å²) in [5.41, 5.74) is 1.36. The minimum Gasteiger partial charge on any atom is -0.364 e. The minimum absolute atomic E-state index is 0.309. The smallest absolute Gasteiger partial charge is 0.176 e. The third kappa shape index (κ3) is 10.9. The van der Waals surface area contributed by atoms with Gasteiger partial charge in [0.1, 0.15) is 6.54 Å². The summed E-state index contributed by atoms with van der Waals surface area (Å²) in [5, 5.41) is 9.60. The predicted octanol–water partition coefficient (Wildman–Crippen LogP) is 3.83. The van der Waals surface area contributed by atoms with Crippen LogP contribution < -0.4 is 0 Å². The second kappa shape index (κ2) is 7.75. The van der Waals surface area contributed by atoms with Gasteiger partial charge in [-0.1, -0.05) is 41.2 Å². The van der Waals surface area contributed by atoms with Gasteiger partial charge >= 0.3 is 0 Å². The van der Waals surface area contributed by atoms with E-state index in [0.29, 0.717) is 23.0 Å². The number of hydrogen-bond acceptors (Lipinski definition) is 2. The van der Waals surface area contributed by atoms with Gasteiger partial charge in [-0.2, -0.15) is 0 Å². The topological polar surface area (TPSA) is 29.5 Å². The minimum atomic E-state index is -0.834. The van der Waals surface area contributed by atoms with Crippen molar-refractivity contribution < 1.29 is 14.3 Å². The van der Waals surface area contributed by atoms with Gasteiger partial charge in [0.05, 0.1) is 27.2 Å². The average Bonchev–Trinajstić information content (AvgIpc) is 2.23. The highest BCUT2D eigenvalue weighted by Gasteiger charge is 2.30. The molecule has 0 aromatic rings. The summed E-state index contributed by atoms with van der Waals surface area (Å²) in [6.07, 6.45) is 1.64. The maximum Gasteiger partial charge on any atom is 0.176 e.